The van der Waals surface area contributed by atoms with Crippen molar-refractivity contribution in [3.8, 4) is 5.75 Å². The van der Waals surface area contributed by atoms with Gasteiger partial charge in [-0.05, 0) is 73.9 Å². The van der Waals surface area contributed by atoms with Crippen LogP contribution in [-0.4, -0.2) is 73.9 Å². The number of benzene rings is 2. The van der Waals surface area contributed by atoms with Crippen LogP contribution in [0.2, 0.25) is 0 Å². The van der Waals surface area contributed by atoms with Crippen LogP contribution in [0.3, 0.4) is 0 Å². The van der Waals surface area contributed by atoms with Gasteiger partial charge in [-0.2, -0.15) is 0 Å². The first-order chi connectivity index (χ1) is 21.0. The highest BCUT2D eigenvalue weighted by atomic mass is 32.1. The minimum absolute atomic E-state index is 0.0778. The number of carbonyl (C=O) groups is 3. The van der Waals surface area contributed by atoms with Gasteiger partial charge in [0.15, 0.2) is 6.73 Å². The summed E-state index contributed by atoms with van der Waals surface area (Å²) in [5, 5.41) is 12.2. The monoisotopic (exact) mass is 607 g/mol. The largest absolute Gasteiger partial charge is 0.494 e. The van der Waals surface area contributed by atoms with Gasteiger partial charge in [-0.15, -0.1) is 11.3 Å². The van der Waals surface area contributed by atoms with Gasteiger partial charge in [0.2, 0.25) is 5.91 Å². The minimum atomic E-state index is -0.832. The molecule has 0 aliphatic carbocycles. The van der Waals surface area contributed by atoms with Crippen LogP contribution in [0, 0.1) is 0 Å². The fraction of sp³-hybridized carbons (Fsp3) is 0.485. The van der Waals surface area contributed by atoms with Crippen molar-refractivity contribution in [2.45, 2.75) is 57.8 Å². The molecule has 43 heavy (non-hydrogen) atoms. The highest BCUT2D eigenvalue weighted by Crippen LogP contribution is 2.32. The third-order valence-corrected chi connectivity index (χ3v) is 9.09. The Hall–Kier alpha value is -3.63. The number of aliphatic carboxylic acids is 1. The summed E-state index contributed by atoms with van der Waals surface area (Å²) in [5.41, 5.74) is 3.12. The molecule has 1 fully saturated rings. The van der Waals surface area contributed by atoms with Crippen LogP contribution in [0.5, 0.6) is 5.75 Å². The molecule has 230 valence electrons. The Bertz CT molecular complexity index is 1400. The lowest BCUT2D eigenvalue weighted by Gasteiger charge is -2.36. The summed E-state index contributed by atoms with van der Waals surface area (Å²) < 4.78 is 12.8. The number of piperazine rings is 1. The van der Waals surface area contributed by atoms with E-state index in [-0.39, 0.29) is 31.4 Å². The molecule has 0 atom stereocenters. The van der Waals surface area contributed by atoms with E-state index in [9.17, 15) is 14.4 Å². The molecule has 1 aromatic heterocycles. The average Bonchev–Trinajstić information content (AvgIpc) is 3.50. The third kappa shape index (κ3) is 8.48. The van der Waals surface area contributed by atoms with Crippen LogP contribution in [0.1, 0.15) is 56.9 Å². The van der Waals surface area contributed by atoms with Crippen LogP contribution in [0.25, 0.3) is 10.1 Å². The topological polar surface area (TPSA) is 99.6 Å². The van der Waals surface area contributed by atoms with Crippen LogP contribution in [0.4, 0.5) is 11.4 Å². The van der Waals surface area contributed by atoms with Crippen molar-refractivity contribution in [1.82, 2.24) is 4.90 Å². The van der Waals surface area contributed by atoms with E-state index in [1.54, 1.807) is 11.3 Å². The second-order valence-electron chi connectivity index (χ2n) is 11.2. The number of carbonyl (C=O) groups excluding carboxylic acids is 2. The van der Waals surface area contributed by atoms with Crippen molar-refractivity contribution in [3.63, 3.8) is 0 Å². The van der Waals surface area contributed by atoms with Gasteiger partial charge in [0.05, 0.1) is 12.3 Å². The Morgan fingerprint density at radius 2 is 1.72 bits per heavy atom. The number of carboxylic acid groups (broad SMARTS) is 1. The number of rotatable bonds is 15. The van der Waals surface area contributed by atoms with Gasteiger partial charge in [0, 0.05) is 67.3 Å². The number of fused-ring (bicyclic) bond motifs is 2. The van der Waals surface area contributed by atoms with E-state index in [1.807, 2.05) is 18.2 Å². The van der Waals surface area contributed by atoms with E-state index in [1.165, 1.54) is 20.7 Å². The maximum Gasteiger partial charge on any atom is 0.307 e. The predicted molar refractivity (Wildman–Crippen MR) is 169 cm³/mol. The average molecular weight is 608 g/mol. The fourth-order valence-corrected chi connectivity index (χ4v) is 6.58. The van der Waals surface area contributed by atoms with Gasteiger partial charge in [-0.3, -0.25) is 24.2 Å². The van der Waals surface area contributed by atoms with Gasteiger partial charge >= 0.3 is 11.9 Å². The molecule has 2 aliphatic rings. The van der Waals surface area contributed by atoms with Crippen molar-refractivity contribution in [2.24, 2.45) is 0 Å². The molecule has 0 bridgehead atoms. The molecule has 1 amide bonds. The van der Waals surface area contributed by atoms with Gasteiger partial charge in [0.1, 0.15) is 5.75 Å². The molecule has 0 spiro atoms. The van der Waals surface area contributed by atoms with Crippen molar-refractivity contribution < 1.29 is 29.0 Å². The summed E-state index contributed by atoms with van der Waals surface area (Å²) in [4.78, 5) is 42.0. The molecule has 0 unspecified atom stereocenters. The van der Waals surface area contributed by atoms with Crippen LogP contribution in [0.15, 0.2) is 47.8 Å². The Morgan fingerprint density at radius 1 is 0.884 bits per heavy atom. The summed E-state index contributed by atoms with van der Waals surface area (Å²) in [6.45, 7) is 5.73. The maximum atomic E-state index is 12.7. The molecule has 3 aromatic rings. The molecular formula is C33H41N3O6S. The smallest absolute Gasteiger partial charge is 0.307 e. The van der Waals surface area contributed by atoms with E-state index < -0.39 is 5.97 Å². The SMILES string of the molecule is O=C(O)CCCCCC(=O)OCN1C(=O)CCc2ccc(OCCCCN3CCN(c4cccc5sccc45)CC3)cc21. The lowest BCUT2D eigenvalue weighted by atomic mass is 10.0. The lowest BCUT2D eigenvalue weighted by molar-refractivity contribution is -0.144. The van der Waals surface area contributed by atoms with E-state index in [0.717, 1.165) is 56.8 Å². The third-order valence-electron chi connectivity index (χ3n) is 8.21. The first kappa shape index (κ1) is 30.8. The Balaban J connectivity index is 1.02. The number of unbranched alkanes of at least 4 members (excludes halogenated alkanes) is 3. The molecule has 1 saturated heterocycles. The van der Waals surface area contributed by atoms with Crippen molar-refractivity contribution in [1.29, 1.82) is 0 Å². The number of nitrogens with zero attached hydrogens (tertiary/aromatic N) is 3. The van der Waals surface area contributed by atoms with E-state index in [0.29, 0.717) is 44.5 Å². The quantitative estimate of drug-likeness (QED) is 0.174. The van der Waals surface area contributed by atoms with Gasteiger partial charge < -0.3 is 19.5 Å². The van der Waals surface area contributed by atoms with E-state index in [2.05, 4.69) is 39.4 Å². The Kier molecular flexibility index (Phi) is 10.9. The zero-order chi connectivity index (χ0) is 30.0. The number of carboxylic acids is 1. The van der Waals surface area contributed by atoms with Gasteiger partial charge in [0.25, 0.3) is 0 Å². The number of amides is 1. The predicted octanol–water partition coefficient (Wildman–Crippen LogP) is 5.70. The highest BCUT2D eigenvalue weighted by molar-refractivity contribution is 7.17. The zero-order valence-corrected chi connectivity index (χ0v) is 25.5. The minimum Gasteiger partial charge on any atom is -0.494 e. The number of ether oxygens (including phenoxy) is 2. The van der Waals surface area contributed by atoms with E-state index >= 15 is 0 Å². The van der Waals surface area contributed by atoms with Crippen molar-refractivity contribution >= 4 is 50.6 Å². The van der Waals surface area contributed by atoms with Gasteiger partial charge in [-0.1, -0.05) is 18.6 Å². The second-order valence-corrected chi connectivity index (χ2v) is 12.2. The first-order valence-electron chi connectivity index (χ1n) is 15.3. The molecule has 1 N–H and O–H groups in total. The van der Waals surface area contributed by atoms with E-state index in [4.69, 9.17) is 14.6 Å². The molecular weight excluding hydrogens is 566 g/mol. The number of hydrogen-bond acceptors (Lipinski definition) is 8. The standard InChI is InChI=1S/C33H41N3O6S/c37-31-14-12-25-11-13-26(23-29(25)36(31)24-42-33(40)10-3-1-2-9-32(38)39)41-21-5-4-16-34-17-19-35(20-18-34)28-7-6-8-30-27(28)15-22-43-30/h6-8,11,13,15,22-23H,1-5,9-10,12,14,16-21,24H2,(H,38,39). The molecule has 0 radical (unpaired) electrons. The highest BCUT2D eigenvalue weighted by Gasteiger charge is 2.26. The molecule has 3 heterocycles. The lowest BCUT2D eigenvalue weighted by Crippen LogP contribution is -2.46. The molecule has 2 aliphatic heterocycles. The number of thiophene rings is 1. The number of anilines is 2. The summed E-state index contributed by atoms with van der Waals surface area (Å²) in [6.07, 6.45) is 5.09. The van der Waals surface area contributed by atoms with Crippen LogP contribution >= 0.6 is 11.3 Å². The van der Waals surface area contributed by atoms with Crippen molar-refractivity contribution in [3.05, 3.63) is 53.4 Å². The molecule has 9 nitrogen and oxygen atoms in total. The number of esters is 1. The second kappa shape index (κ2) is 15.2. The molecule has 2 aromatic carbocycles. The number of aryl methyl sites for hydroxylation is 1. The zero-order valence-electron chi connectivity index (χ0n) is 24.7. The summed E-state index contributed by atoms with van der Waals surface area (Å²) >= 11 is 1.80. The summed E-state index contributed by atoms with van der Waals surface area (Å²) in [5.74, 6) is -0.587. The summed E-state index contributed by atoms with van der Waals surface area (Å²) in [7, 11) is 0. The summed E-state index contributed by atoms with van der Waals surface area (Å²) in [6, 6.07) is 14.6. The Labute approximate surface area is 257 Å². The van der Waals surface area contributed by atoms with Gasteiger partial charge in [-0.25, -0.2) is 0 Å². The van der Waals surface area contributed by atoms with Crippen LogP contribution < -0.4 is 14.5 Å². The molecule has 5 rings (SSSR count). The number of hydrogen-bond donors (Lipinski definition) is 1. The first-order valence-corrected chi connectivity index (χ1v) is 16.2. The normalized spacial score (nSPS) is 15.5. The maximum absolute atomic E-state index is 12.7. The Morgan fingerprint density at radius 3 is 2.56 bits per heavy atom. The fourth-order valence-electron chi connectivity index (χ4n) is 5.77. The molecule has 0 saturated carbocycles. The van der Waals surface area contributed by atoms with Crippen LogP contribution in [-0.2, 0) is 25.5 Å². The molecule has 10 heteroatoms. The van der Waals surface area contributed by atoms with Crippen molar-refractivity contribution in [2.75, 3.05) is 55.9 Å².